The third kappa shape index (κ3) is 4.72. The highest BCUT2D eigenvalue weighted by Crippen LogP contribution is 2.33. The van der Waals surface area contributed by atoms with Crippen LogP contribution in [0, 0.1) is 11.8 Å². The Hall–Kier alpha value is -1.95. The summed E-state index contributed by atoms with van der Waals surface area (Å²) in [6, 6.07) is 6.14. The van der Waals surface area contributed by atoms with Crippen LogP contribution in [-0.2, 0) is 16.1 Å². The fourth-order valence-corrected chi connectivity index (χ4v) is 4.57. The standard InChI is InChI=1S/C22H32N4O2/c27-21(17-8-9-17)25-14-4-5-18(15-25)22(28)26(16-19-6-1-2-12-24-19)20-7-3-11-23-13-10-20/h1-2,6,12,17-18,20,23H,3-5,7-11,13-16H2. The molecule has 0 spiro atoms. The van der Waals surface area contributed by atoms with Crippen LogP contribution in [0.25, 0.3) is 0 Å². The summed E-state index contributed by atoms with van der Waals surface area (Å²) in [7, 11) is 0. The summed E-state index contributed by atoms with van der Waals surface area (Å²) in [6.45, 7) is 3.95. The maximum Gasteiger partial charge on any atom is 0.228 e. The normalized spacial score (nSPS) is 25.8. The molecule has 1 aliphatic carbocycles. The van der Waals surface area contributed by atoms with Gasteiger partial charge in [0.15, 0.2) is 0 Å². The van der Waals surface area contributed by atoms with Gasteiger partial charge < -0.3 is 15.1 Å². The monoisotopic (exact) mass is 384 g/mol. The maximum absolute atomic E-state index is 13.6. The Kier molecular flexibility index (Phi) is 6.25. The van der Waals surface area contributed by atoms with Crippen molar-refractivity contribution in [1.29, 1.82) is 0 Å². The van der Waals surface area contributed by atoms with Crippen molar-refractivity contribution in [1.82, 2.24) is 20.1 Å². The van der Waals surface area contributed by atoms with Crippen molar-refractivity contribution in [3.05, 3.63) is 30.1 Å². The molecule has 2 saturated heterocycles. The maximum atomic E-state index is 13.6. The lowest BCUT2D eigenvalue weighted by molar-refractivity contribution is -0.144. The first-order valence-corrected chi connectivity index (χ1v) is 10.9. The molecule has 4 rings (SSSR count). The number of likely N-dealkylation sites (tertiary alicyclic amines) is 1. The van der Waals surface area contributed by atoms with Gasteiger partial charge in [0.1, 0.15) is 0 Å². The van der Waals surface area contributed by atoms with E-state index in [1.165, 1.54) is 0 Å². The number of hydrogen-bond donors (Lipinski definition) is 1. The van der Waals surface area contributed by atoms with Crippen LogP contribution in [0.5, 0.6) is 0 Å². The van der Waals surface area contributed by atoms with Gasteiger partial charge in [0.05, 0.1) is 18.2 Å². The molecule has 3 heterocycles. The Morgan fingerprint density at radius 1 is 1.07 bits per heavy atom. The fraction of sp³-hybridized carbons (Fsp3) is 0.682. The molecule has 6 nitrogen and oxygen atoms in total. The molecular formula is C22H32N4O2. The third-order valence-corrected chi connectivity index (χ3v) is 6.34. The molecule has 3 aliphatic rings. The van der Waals surface area contributed by atoms with Gasteiger partial charge in [-0.3, -0.25) is 14.6 Å². The van der Waals surface area contributed by atoms with E-state index in [9.17, 15) is 9.59 Å². The molecule has 1 N–H and O–H groups in total. The lowest BCUT2D eigenvalue weighted by Crippen LogP contribution is -2.49. The van der Waals surface area contributed by atoms with Gasteiger partial charge in [-0.05, 0) is 70.2 Å². The summed E-state index contributed by atoms with van der Waals surface area (Å²) in [5.41, 5.74) is 0.940. The summed E-state index contributed by atoms with van der Waals surface area (Å²) in [6.07, 6.45) is 8.76. The van der Waals surface area contributed by atoms with E-state index in [1.54, 1.807) is 6.20 Å². The second-order valence-electron chi connectivity index (χ2n) is 8.52. The molecular weight excluding hydrogens is 352 g/mol. The zero-order valence-electron chi connectivity index (χ0n) is 16.7. The lowest BCUT2D eigenvalue weighted by atomic mass is 9.94. The highest BCUT2D eigenvalue weighted by Gasteiger charge is 2.38. The number of piperidine rings is 1. The molecule has 2 aliphatic heterocycles. The first-order valence-electron chi connectivity index (χ1n) is 10.9. The van der Waals surface area contributed by atoms with Crippen LogP contribution in [0.4, 0.5) is 0 Å². The molecule has 1 aromatic rings. The van der Waals surface area contributed by atoms with Crippen molar-refractivity contribution < 1.29 is 9.59 Å². The number of carbonyl (C=O) groups is 2. The van der Waals surface area contributed by atoms with Gasteiger partial charge in [0, 0.05) is 31.2 Å². The van der Waals surface area contributed by atoms with E-state index < -0.39 is 0 Å². The predicted molar refractivity (Wildman–Crippen MR) is 107 cm³/mol. The van der Waals surface area contributed by atoms with Crippen molar-refractivity contribution in [3.8, 4) is 0 Å². The molecule has 2 atom stereocenters. The van der Waals surface area contributed by atoms with E-state index in [4.69, 9.17) is 0 Å². The number of amides is 2. The van der Waals surface area contributed by atoms with Crippen molar-refractivity contribution >= 4 is 11.8 Å². The van der Waals surface area contributed by atoms with Gasteiger partial charge in [0.25, 0.3) is 0 Å². The van der Waals surface area contributed by atoms with Crippen LogP contribution in [0.1, 0.15) is 50.6 Å². The minimum atomic E-state index is -0.0728. The Morgan fingerprint density at radius 3 is 2.75 bits per heavy atom. The second kappa shape index (κ2) is 9.03. The first-order chi connectivity index (χ1) is 13.7. The number of aromatic nitrogens is 1. The van der Waals surface area contributed by atoms with Gasteiger partial charge in [-0.25, -0.2) is 0 Å². The molecule has 3 fully saturated rings. The van der Waals surface area contributed by atoms with E-state index in [2.05, 4.69) is 15.2 Å². The SMILES string of the molecule is O=C(C1CC1)N1CCCC(C(=O)N(Cc2ccccn2)C2CCCNCC2)C1. The van der Waals surface area contributed by atoms with Gasteiger partial charge in [-0.1, -0.05) is 6.07 Å². The quantitative estimate of drug-likeness (QED) is 0.845. The highest BCUT2D eigenvalue weighted by molar-refractivity contribution is 5.83. The molecule has 6 heteroatoms. The Labute approximate surface area is 167 Å². The molecule has 2 amide bonds. The zero-order valence-corrected chi connectivity index (χ0v) is 16.7. The van der Waals surface area contributed by atoms with Gasteiger partial charge >= 0.3 is 0 Å². The number of carbonyl (C=O) groups excluding carboxylic acids is 2. The van der Waals surface area contributed by atoms with E-state index in [0.29, 0.717) is 13.1 Å². The molecule has 1 aromatic heterocycles. The van der Waals surface area contributed by atoms with E-state index >= 15 is 0 Å². The second-order valence-corrected chi connectivity index (χ2v) is 8.52. The molecule has 0 radical (unpaired) electrons. The number of pyridine rings is 1. The van der Waals surface area contributed by atoms with Gasteiger partial charge in [0.2, 0.25) is 11.8 Å². The summed E-state index contributed by atoms with van der Waals surface area (Å²) >= 11 is 0. The molecule has 0 bridgehead atoms. The minimum Gasteiger partial charge on any atom is -0.342 e. The molecule has 152 valence electrons. The van der Waals surface area contributed by atoms with E-state index in [0.717, 1.165) is 70.3 Å². The van der Waals surface area contributed by atoms with Crippen molar-refractivity contribution in [2.75, 3.05) is 26.2 Å². The molecule has 0 aromatic carbocycles. The average molecular weight is 385 g/mol. The number of rotatable bonds is 5. The van der Waals surface area contributed by atoms with Crippen LogP contribution in [0.2, 0.25) is 0 Å². The smallest absolute Gasteiger partial charge is 0.228 e. The number of hydrogen-bond acceptors (Lipinski definition) is 4. The molecule has 1 saturated carbocycles. The highest BCUT2D eigenvalue weighted by atomic mass is 16.2. The van der Waals surface area contributed by atoms with E-state index in [1.807, 2.05) is 23.1 Å². The van der Waals surface area contributed by atoms with Crippen molar-refractivity contribution in [2.24, 2.45) is 11.8 Å². The topological polar surface area (TPSA) is 65.5 Å². The van der Waals surface area contributed by atoms with Crippen LogP contribution in [0.15, 0.2) is 24.4 Å². The Bertz CT molecular complexity index is 668. The summed E-state index contributed by atoms with van der Waals surface area (Å²) in [5, 5.41) is 3.45. The summed E-state index contributed by atoms with van der Waals surface area (Å²) in [4.78, 5) is 34.6. The fourth-order valence-electron chi connectivity index (χ4n) is 4.57. The molecule has 28 heavy (non-hydrogen) atoms. The van der Waals surface area contributed by atoms with Gasteiger partial charge in [-0.2, -0.15) is 0 Å². The van der Waals surface area contributed by atoms with E-state index in [-0.39, 0.29) is 29.7 Å². The summed E-state index contributed by atoms with van der Waals surface area (Å²) < 4.78 is 0. The third-order valence-electron chi connectivity index (χ3n) is 6.34. The largest absolute Gasteiger partial charge is 0.342 e. The lowest BCUT2D eigenvalue weighted by Gasteiger charge is -2.38. The van der Waals surface area contributed by atoms with Gasteiger partial charge in [-0.15, -0.1) is 0 Å². The predicted octanol–water partition coefficient (Wildman–Crippen LogP) is 2.20. The Morgan fingerprint density at radius 2 is 1.96 bits per heavy atom. The van der Waals surface area contributed by atoms with Crippen LogP contribution in [-0.4, -0.2) is 58.8 Å². The molecule has 2 unspecified atom stereocenters. The van der Waals surface area contributed by atoms with Crippen LogP contribution in [0.3, 0.4) is 0 Å². The Balaban J connectivity index is 1.48. The van der Waals surface area contributed by atoms with Crippen LogP contribution >= 0.6 is 0 Å². The van der Waals surface area contributed by atoms with Crippen molar-refractivity contribution in [3.63, 3.8) is 0 Å². The number of nitrogens with zero attached hydrogens (tertiary/aromatic N) is 3. The average Bonchev–Trinajstić information content (AvgIpc) is 3.59. The first kappa shape index (κ1) is 19.4. The van der Waals surface area contributed by atoms with Crippen LogP contribution < -0.4 is 5.32 Å². The number of nitrogens with one attached hydrogen (secondary N) is 1. The minimum absolute atomic E-state index is 0.0728. The van der Waals surface area contributed by atoms with Crippen molar-refractivity contribution in [2.45, 2.75) is 57.5 Å². The zero-order chi connectivity index (χ0) is 19.3. The summed E-state index contributed by atoms with van der Waals surface area (Å²) in [5.74, 6) is 0.640.